The van der Waals surface area contributed by atoms with Crippen molar-refractivity contribution in [2.75, 3.05) is 26.7 Å². The van der Waals surface area contributed by atoms with Gasteiger partial charge in [-0.05, 0) is 92.7 Å². The molecule has 0 unspecified atom stereocenters. The molecule has 37 heavy (non-hydrogen) atoms. The molecule has 2 N–H and O–H groups in total. The number of benzene rings is 3. The molecule has 0 atom stereocenters. The Balaban J connectivity index is 1.33. The van der Waals surface area contributed by atoms with E-state index >= 15 is 0 Å². The number of hydrogen-bond donors (Lipinski definition) is 2. The van der Waals surface area contributed by atoms with Gasteiger partial charge in [0.2, 0.25) is 0 Å². The van der Waals surface area contributed by atoms with E-state index in [1.807, 2.05) is 66.6 Å². The van der Waals surface area contributed by atoms with Gasteiger partial charge in [0.25, 0.3) is 5.91 Å². The van der Waals surface area contributed by atoms with Crippen LogP contribution in [0.1, 0.15) is 46.8 Å². The van der Waals surface area contributed by atoms with E-state index in [1.54, 1.807) is 6.07 Å². The third-order valence-electron chi connectivity index (χ3n) is 6.90. The Morgan fingerprint density at radius 3 is 2.59 bits per heavy atom. The monoisotopic (exact) mass is 517 g/mol. The fourth-order valence-electron chi connectivity index (χ4n) is 4.82. The van der Waals surface area contributed by atoms with Crippen LogP contribution >= 0.6 is 11.6 Å². The van der Waals surface area contributed by atoms with Crippen LogP contribution in [-0.2, 0) is 19.4 Å². The number of carbonyl (C=O) groups excluding carboxylic acids is 1. The quantitative estimate of drug-likeness (QED) is 0.206. The first-order chi connectivity index (χ1) is 17.9. The molecule has 0 bridgehead atoms. The van der Waals surface area contributed by atoms with Gasteiger partial charge in [-0.15, -0.1) is 0 Å². The number of fused-ring (bicyclic) bond motifs is 1. The molecule has 1 heterocycles. The molecule has 4 aromatic rings. The number of nitrogens with zero attached hydrogens (tertiary/aromatic N) is 2. The van der Waals surface area contributed by atoms with E-state index in [9.17, 15) is 9.90 Å². The van der Waals surface area contributed by atoms with Crippen LogP contribution in [0.3, 0.4) is 0 Å². The maximum atomic E-state index is 13.5. The predicted molar refractivity (Wildman–Crippen MR) is 152 cm³/mol. The lowest BCUT2D eigenvalue weighted by Crippen LogP contribution is -2.33. The number of nitrogens with one attached hydrogen (secondary N) is 1. The summed E-state index contributed by atoms with van der Waals surface area (Å²) in [6, 6.07) is 21.4. The Hall–Kier alpha value is -3.28. The van der Waals surface area contributed by atoms with Gasteiger partial charge in [0, 0.05) is 53.9 Å². The summed E-state index contributed by atoms with van der Waals surface area (Å²) in [5.74, 6) is 0.375. The Kier molecular flexibility index (Phi) is 9.26. The van der Waals surface area contributed by atoms with E-state index in [4.69, 9.17) is 11.6 Å². The van der Waals surface area contributed by atoms with Gasteiger partial charge >= 0.3 is 0 Å². The number of phenols is 1. The molecular formula is C31H36ClN3O2. The number of rotatable bonds is 12. The smallest absolute Gasteiger partial charge is 0.254 e. The van der Waals surface area contributed by atoms with Crippen molar-refractivity contribution in [3.05, 3.63) is 100 Å². The Bertz CT molecular complexity index is 1330. The topological polar surface area (TPSA) is 59.6 Å². The molecule has 0 fully saturated rings. The molecule has 6 heteroatoms. The highest BCUT2D eigenvalue weighted by Crippen LogP contribution is 2.24. The van der Waals surface area contributed by atoms with Crippen molar-refractivity contribution in [2.45, 2.75) is 39.2 Å². The van der Waals surface area contributed by atoms with Crippen molar-refractivity contribution in [1.29, 1.82) is 0 Å². The van der Waals surface area contributed by atoms with Gasteiger partial charge in [-0.3, -0.25) is 4.79 Å². The van der Waals surface area contributed by atoms with Crippen molar-refractivity contribution >= 4 is 28.4 Å². The molecule has 194 valence electrons. The van der Waals surface area contributed by atoms with Gasteiger partial charge < -0.3 is 19.9 Å². The number of H-pyrrole nitrogens is 1. The van der Waals surface area contributed by atoms with Crippen molar-refractivity contribution in [2.24, 2.45) is 0 Å². The van der Waals surface area contributed by atoms with Crippen LogP contribution in [0, 0.1) is 0 Å². The van der Waals surface area contributed by atoms with Crippen molar-refractivity contribution in [1.82, 2.24) is 14.8 Å². The van der Waals surface area contributed by atoms with E-state index in [2.05, 4.69) is 29.1 Å². The number of aromatic nitrogens is 1. The number of aromatic hydroxyl groups is 1. The number of phenolic OH excluding ortho intramolecular Hbond substituents is 1. The van der Waals surface area contributed by atoms with Gasteiger partial charge in [0.05, 0.1) is 0 Å². The average molecular weight is 518 g/mol. The highest BCUT2D eigenvalue weighted by Gasteiger charge is 2.18. The van der Waals surface area contributed by atoms with Crippen molar-refractivity contribution < 1.29 is 9.90 Å². The van der Waals surface area contributed by atoms with Crippen molar-refractivity contribution in [3.8, 4) is 5.75 Å². The van der Waals surface area contributed by atoms with Crippen LogP contribution in [0.2, 0.25) is 5.02 Å². The van der Waals surface area contributed by atoms with E-state index in [0.717, 1.165) is 65.8 Å². The van der Waals surface area contributed by atoms with Crippen LogP contribution in [-0.4, -0.2) is 52.5 Å². The molecule has 0 aliphatic carbocycles. The number of likely N-dealkylation sites (N-methyl/N-ethyl adjacent to an activating group) is 1. The Morgan fingerprint density at radius 2 is 1.78 bits per heavy atom. The van der Waals surface area contributed by atoms with Crippen LogP contribution in [0.15, 0.2) is 72.9 Å². The zero-order valence-electron chi connectivity index (χ0n) is 21.7. The first-order valence-electron chi connectivity index (χ1n) is 13.0. The fourth-order valence-corrected chi connectivity index (χ4v) is 5.03. The van der Waals surface area contributed by atoms with Crippen molar-refractivity contribution in [3.63, 3.8) is 0 Å². The summed E-state index contributed by atoms with van der Waals surface area (Å²) >= 11 is 6.10. The van der Waals surface area contributed by atoms with Gasteiger partial charge in [0.1, 0.15) is 5.75 Å². The third-order valence-corrected chi connectivity index (χ3v) is 7.14. The van der Waals surface area contributed by atoms with E-state index in [-0.39, 0.29) is 11.7 Å². The van der Waals surface area contributed by atoms with Gasteiger partial charge in [0.15, 0.2) is 0 Å². The molecule has 0 spiro atoms. The molecule has 1 amide bonds. The van der Waals surface area contributed by atoms with Crippen LogP contribution in [0.5, 0.6) is 5.75 Å². The highest BCUT2D eigenvalue weighted by atomic mass is 35.5. The molecule has 1 aromatic heterocycles. The molecular weight excluding hydrogens is 482 g/mol. The number of unbranched alkanes of at least 4 members (excludes halogenated alkanes) is 1. The summed E-state index contributed by atoms with van der Waals surface area (Å²) < 4.78 is 0. The SMILES string of the molecule is CCN(CCCCc1cccc(Cl)c1)C(=O)c1ccccc1CN(C)CCc1c[nH]c2ccc(O)cc12. The number of amides is 1. The van der Waals surface area contributed by atoms with E-state index < -0.39 is 0 Å². The molecule has 0 saturated heterocycles. The van der Waals surface area contributed by atoms with Gasteiger partial charge in [-0.1, -0.05) is 41.9 Å². The van der Waals surface area contributed by atoms with E-state index in [0.29, 0.717) is 13.1 Å². The summed E-state index contributed by atoms with van der Waals surface area (Å²) in [7, 11) is 2.08. The second kappa shape index (κ2) is 12.8. The van der Waals surface area contributed by atoms with Crippen LogP contribution in [0.25, 0.3) is 10.9 Å². The molecule has 3 aromatic carbocycles. The second-order valence-corrected chi connectivity index (χ2v) is 10.1. The summed E-state index contributed by atoms with van der Waals surface area (Å²) in [5, 5.41) is 11.7. The fraction of sp³-hybridized carbons (Fsp3) is 0.323. The standard InChI is InChI=1S/C31H36ClN3O2/c1-3-35(17-7-6-9-23-10-8-12-26(32)19-23)31(37)28-13-5-4-11-25(28)22-34(2)18-16-24-21-33-30-15-14-27(36)20-29(24)30/h4-5,8,10-15,19-21,33,36H,3,6-7,9,16-18,22H2,1-2H3. The van der Waals surface area contributed by atoms with Crippen LogP contribution < -0.4 is 0 Å². The summed E-state index contributed by atoms with van der Waals surface area (Å²) in [6.07, 6.45) is 5.79. The predicted octanol–water partition coefficient (Wildman–Crippen LogP) is 6.69. The third kappa shape index (κ3) is 7.15. The van der Waals surface area contributed by atoms with Gasteiger partial charge in [-0.2, -0.15) is 0 Å². The first kappa shape index (κ1) is 26.8. The number of aromatic amines is 1. The Labute approximate surface area is 224 Å². The lowest BCUT2D eigenvalue weighted by Gasteiger charge is -2.24. The summed E-state index contributed by atoms with van der Waals surface area (Å²) in [6.45, 7) is 5.01. The summed E-state index contributed by atoms with van der Waals surface area (Å²) in [5.41, 5.74) is 5.27. The highest BCUT2D eigenvalue weighted by molar-refractivity contribution is 6.30. The number of halogens is 1. The molecule has 5 nitrogen and oxygen atoms in total. The molecule has 0 aliphatic heterocycles. The largest absolute Gasteiger partial charge is 0.508 e. The minimum absolute atomic E-state index is 0.0985. The molecule has 0 saturated carbocycles. The second-order valence-electron chi connectivity index (χ2n) is 9.66. The first-order valence-corrected chi connectivity index (χ1v) is 13.4. The Morgan fingerprint density at radius 1 is 0.946 bits per heavy atom. The lowest BCUT2D eigenvalue weighted by atomic mass is 10.0. The van der Waals surface area contributed by atoms with E-state index in [1.165, 1.54) is 11.1 Å². The molecule has 4 rings (SSSR count). The zero-order chi connectivity index (χ0) is 26.2. The normalized spacial score (nSPS) is 11.4. The summed E-state index contributed by atoms with van der Waals surface area (Å²) in [4.78, 5) is 20.9. The van der Waals surface area contributed by atoms with Crippen LogP contribution in [0.4, 0.5) is 0 Å². The van der Waals surface area contributed by atoms with Gasteiger partial charge in [-0.25, -0.2) is 0 Å². The minimum atomic E-state index is 0.0985. The number of aryl methyl sites for hydroxylation is 1. The molecule has 0 aliphatic rings. The average Bonchev–Trinajstić information content (AvgIpc) is 3.29. The number of hydrogen-bond acceptors (Lipinski definition) is 3. The zero-order valence-corrected chi connectivity index (χ0v) is 22.5. The number of carbonyl (C=O) groups is 1. The lowest BCUT2D eigenvalue weighted by molar-refractivity contribution is 0.0759. The minimum Gasteiger partial charge on any atom is -0.508 e. The maximum absolute atomic E-state index is 13.5. The molecule has 0 radical (unpaired) electrons. The maximum Gasteiger partial charge on any atom is 0.254 e.